The Morgan fingerprint density at radius 1 is 1.14 bits per heavy atom. The molecule has 3 rings (SSSR count). The topological polar surface area (TPSA) is 49.8 Å². The zero-order valence-corrected chi connectivity index (χ0v) is 11.4. The SMILES string of the molecule is Cc1cc(C#N)cc2oc(-c3ccc(C(F)(F)F)cc3)nc12. The van der Waals surface area contributed by atoms with E-state index in [1.165, 1.54) is 12.1 Å². The van der Waals surface area contributed by atoms with Gasteiger partial charge in [-0.1, -0.05) is 0 Å². The van der Waals surface area contributed by atoms with Crippen LogP contribution in [0.2, 0.25) is 0 Å². The van der Waals surface area contributed by atoms with Crippen LogP contribution in [0, 0.1) is 18.3 Å². The third-order valence-corrected chi connectivity index (χ3v) is 3.27. The van der Waals surface area contributed by atoms with E-state index < -0.39 is 11.7 Å². The van der Waals surface area contributed by atoms with Gasteiger partial charge < -0.3 is 4.42 Å². The highest BCUT2D eigenvalue weighted by Gasteiger charge is 2.30. The van der Waals surface area contributed by atoms with E-state index in [0.717, 1.165) is 17.7 Å². The molecular weight excluding hydrogens is 293 g/mol. The first-order valence-electron chi connectivity index (χ1n) is 6.37. The number of nitrogens with zero attached hydrogens (tertiary/aromatic N) is 2. The zero-order valence-electron chi connectivity index (χ0n) is 11.4. The van der Waals surface area contributed by atoms with Crippen LogP contribution in [0.15, 0.2) is 40.8 Å². The molecule has 110 valence electrons. The number of nitriles is 1. The summed E-state index contributed by atoms with van der Waals surface area (Å²) in [5.74, 6) is 0.224. The fourth-order valence-electron chi connectivity index (χ4n) is 2.19. The average Bonchev–Trinajstić information content (AvgIpc) is 2.91. The molecular formula is C16H9F3N2O. The zero-order chi connectivity index (χ0) is 15.9. The van der Waals surface area contributed by atoms with Crippen molar-refractivity contribution in [3.8, 4) is 17.5 Å². The number of halogens is 3. The highest BCUT2D eigenvalue weighted by molar-refractivity contribution is 5.81. The monoisotopic (exact) mass is 302 g/mol. The van der Waals surface area contributed by atoms with Gasteiger partial charge in [-0.05, 0) is 42.8 Å². The van der Waals surface area contributed by atoms with Gasteiger partial charge in [-0.25, -0.2) is 4.98 Å². The number of benzene rings is 2. The molecule has 0 aliphatic rings. The smallest absolute Gasteiger partial charge is 0.416 e. The normalized spacial score (nSPS) is 11.6. The summed E-state index contributed by atoms with van der Waals surface area (Å²) in [6, 6.07) is 9.86. The lowest BCUT2D eigenvalue weighted by molar-refractivity contribution is -0.137. The Morgan fingerprint density at radius 3 is 2.41 bits per heavy atom. The highest BCUT2D eigenvalue weighted by Crippen LogP contribution is 2.32. The average molecular weight is 302 g/mol. The quantitative estimate of drug-likeness (QED) is 0.655. The lowest BCUT2D eigenvalue weighted by Gasteiger charge is -2.05. The standard InChI is InChI=1S/C16H9F3N2O/c1-9-6-10(8-20)7-13-14(9)21-15(22-13)11-2-4-12(5-3-11)16(17,18)19/h2-7H,1H3. The molecule has 0 fully saturated rings. The molecule has 1 aromatic heterocycles. The largest absolute Gasteiger partial charge is 0.436 e. The number of hydrogen-bond acceptors (Lipinski definition) is 3. The molecule has 22 heavy (non-hydrogen) atoms. The minimum atomic E-state index is -4.38. The summed E-state index contributed by atoms with van der Waals surface area (Å²) >= 11 is 0. The molecule has 0 unspecified atom stereocenters. The molecule has 0 aliphatic carbocycles. The molecule has 0 saturated heterocycles. The van der Waals surface area contributed by atoms with Gasteiger partial charge in [0, 0.05) is 11.6 Å². The van der Waals surface area contributed by atoms with Gasteiger partial charge in [-0.2, -0.15) is 18.4 Å². The Bertz CT molecular complexity index is 887. The molecule has 0 aliphatic heterocycles. The van der Waals surface area contributed by atoms with Crippen LogP contribution in [0.25, 0.3) is 22.6 Å². The molecule has 0 amide bonds. The molecule has 2 aromatic carbocycles. The van der Waals surface area contributed by atoms with Crippen molar-refractivity contribution < 1.29 is 17.6 Å². The molecule has 0 bridgehead atoms. The van der Waals surface area contributed by atoms with E-state index in [2.05, 4.69) is 4.98 Å². The lowest BCUT2D eigenvalue weighted by atomic mass is 10.1. The van der Waals surface area contributed by atoms with Crippen molar-refractivity contribution in [2.24, 2.45) is 0 Å². The molecule has 0 atom stereocenters. The van der Waals surface area contributed by atoms with Gasteiger partial charge in [-0.15, -0.1) is 0 Å². The summed E-state index contributed by atoms with van der Waals surface area (Å²) in [7, 11) is 0. The summed E-state index contributed by atoms with van der Waals surface area (Å²) in [6.07, 6.45) is -4.38. The van der Waals surface area contributed by atoms with Crippen LogP contribution in [0.4, 0.5) is 13.2 Å². The van der Waals surface area contributed by atoms with E-state index in [1.807, 2.05) is 6.07 Å². The van der Waals surface area contributed by atoms with Gasteiger partial charge in [0.1, 0.15) is 5.52 Å². The van der Waals surface area contributed by atoms with Gasteiger partial charge in [0.05, 0.1) is 17.2 Å². The predicted molar refractivity (Wildman–Crippen MR) is 73.9 cm³/mol. The summed E-state index contributed by atoms with van der Waals surface area (Å²) in [5.41, 5.74) is 1.97. The molecule has 0 N–H and O–H groups in total. The lowest BCUT2D eigenvalue weighted by Crippen LogP contribution is -2.03. The Morgan fingerprint density at radius 2 is 1.82 bits per heavy atom. The number of alkyl halides is 3. The first kappa shape index (κ1) is 14.1. The Balaban J connectivity index is 2.07. The van der Waals surface area contributed by atoms with Gasteiger partial charge in [0.2, 0.25) is 5.89 Å². The number of aryl methyl sites for hydroxylation is 1. The van der Waals surface area contributed by atoms with Crippen molar-refractivity contribution in [1.82, 2.24) is 4.98 Å². The summed E-state index contributed by atoms with van der Waals surface area (Å²) < 4.78 is 43.2. The maximum atomic E-state index is 12.6. The van der Waals surface area contributed by atoms with E-state index in [0.29, 0.717) is 22.2 Å². The highest BCUT2D eigenvalue weighted by atomic mass is 19.4. The molecule has 1 heterocycles. The van der Waals surface area contributed by atoms with Crippen molar-refractivity contribution in [1.29, 1.82) is 5.26 Å². The molecule has 0 saturated carbocycles. The third-order valence-electron chi connectivity index (χ3n) is 3.27. The van der Waals surface area contributed by atoms with Crippen LogP contribution in [-0.2, 0) is 6.18 Å². The van der Waals surface area contributed by atoms with Crippen LogP contribution in [-0.4, -0.2) is 4.98 Å². The second-order valence-electron chi connectivity index (χ2n) is 4.85. The summed E-state index contributed by atoms with van der Waals surface area (Å²) in [4.78, 5) is 4.29. The maximum Gasteiger partial charge on any atom is 0.416 e. The van der Waals surface area contributed by atoms with Crippen LogP contribution in [0.5, 0.6) is 0 Å². The first-order chi connectivity index (χ1) is 10.4. The van der Waals surface area contributed by atoms with E-state index in [-0.39, 0.29) is 5.89 Å². The molecule has 3 nitrogen and oxygen atoms in total. The van der Waals surface area contributed by atoms with Crippen LogP contribution in [0.3, 0.4) is 0 Å². The Labute approximate surface area is 123 Å². The van der Waals surface area contributed by atoms with Gasteiger partial charge in [0.15, 0.2) is 5.58 Å². The Hall–Kier alpha value is -2.81. The first-order valence-corrected chi connectivity index (χ1v) is 6.37. The van der Waals surface area contributed by atoms with E-state index in [4.69, 9.17) is 9.68 Å². The fraction of sp³-hybridized carbons (Fsp3) is 0.125. The van der Waals surface area contributed by atoms with E-state index >= 15 is 0 Å². The minimum Gasteiger partial charge on any atom is -0.436 e. The molecule has 0 spiro atoms. The van der Waals surface area contributed by atoms with Gasteiger partial charge >= 0.3 is 6.18 Å². The van der Waals surface area contributed by atoms with Crippen molar-refractivity contribution in [2.75, 3.05) is 0 Å². The number of rotatable bonds is 1. The van der Waals surface area contributed by atoms with Crippen LogP contribution < -0.4 is 0 Å². The second-order valence-corrected chi connectivity index (χ2v) is 4.85. The number of oxazole rings is 1. The van der Waals surface area contributed by atoms with Crippen molar-refractivity contribution in [3.05, 3.63) is 53.1 Å². The van der Waals surface area contributed by atoms with E-state index in [9.17, 15) is 13.2 Å². The van der Waals surface area contributed by atoms with Gasteiger partial charge in [0.25, 0.3) is 0 Å². The number of hydrogen-bond donors (Lipinski definition) is 0. The van der Waals surface area contributed by atoms with Crippen LogP contribution in [0.1, 0.15) is 16.7 Å². The van der Waals surface area contributed by atoms with Gasteiger partial charge in [-0.3, -0.25) is 0 Å². The third kappa shape index (κ3) is 2.42. The molecule has 0 radical (unpaired) electrons. The number of fused-ring (bicyclic) bond motifs is 1. The Kier molecular flexibility index (Phi) is 3.14. The maximum absolute atomic E-state index is 12.6. The predicted octanol–water partition coefficient (Wildman–Crippen LogP) is 4.69. The van der Waals surface area contributed by atoms with Crippen molar-refractivity contribution in [3.63, 3.8) is 0 Å². The van der Waals surface area contributed by atoms with Crippen molar-refractivity contribution in [2.45, 2.75) is 13.1 Å². The molecule has 3 aromatic rings. The van der Waals surface area contributed by atoms with Crippen molar-refractivity contribution >= 4 is 11.1 Å². The summed E-state index contributed by atoms with van der Waals surface area (Å²) in [5, 5.41) is 8.93. The second kappa shape index (κ2) is 4.88. The molecule has 6 heteroatoms. The summed E-state index contributed by atoms with van der Waals surface area (Å²) in [6.45, 7) is 1.79. The minimum absolute atomic E-state index is 0.224. The van der Waals surface area contributed by atoms with Crippen LogP contribution >= 0.6 is 0 Å². The van der Waals surface area contributed by atoms with E-state index in [1.54, 1.807) is 19.1 Å². The fourth-order valence-corrected chi connectivity index (χ4v) is 2.19. The number of aromatic nitrogens is 1.